The number of hydrogen-bond acceptors (Lipinski definition) is 2. The Morgan fingerprint density at radius 1 is 1.38 bits per heavy atom. The van der Waals surface area contributed by atoms with E-state index in [0.29, 0.717) is 0 Å². The first-order valence-electron chi connectivity index (χ1n) is 5.67. The standard InChI is InChI=1S/C12H20N2O2/c1-9(2)13-12(15)14-10(3)6-7-11-5-4-8-16-11/h4-5,8-10H,6-7H2,1-3H3,(H2,13,14,15). The fourth-order valence-electron chi connectivity index (χ4n) is 1.41. The van der Waals surface area contributed by atoms with Gasteiger partial charge in [0.1, 0.15) is 5.76 Å². The molecule has 4 nitrogen and oxygen atoms in total. The van der Waals surface area contributed by atoms with Gasteiger partial charge in [0, 0.05) is 18.5 Å². The smallest absolute Gasteiger partial charge is 0.315 e. The van der Waals surface area contributed by atoms with Crippen molar-refractivity contribution in [1.29, 1.82) is 0 Å². The van der Waals surface area contributed by atoms with Gasteiger partial charge in [-0.3, -0.25) is 0 Å². The molecule has 0 saturated heterocycles. The maximum absolute atomic E-state index is 11.4. The molecule has 1 aromatic heterocycles. The summed E-state index contributed by atoms with van der Waals surface area (Å²) >= 11 is 0. The lowest BCUT2D eigenvalue weighted by Gasteiger charge is -2.15. The summed E-state index contributed by atoms with van der Waals surface area (Å²) in [5.41, 5.74) is 0. The molecule has 2 N–H and O–H groups in total. The first-order chi connectivity index (χ1) is 7.58. The van der Waals surface area contributed by atoms with Crippen molar-refractivity contribution in [1.82, 2.24) is 10.6 Å². The predicted octanol–water partition coefficient (Wildman–Crippen LogP) is 2.31. The zero-order chi connectivity index (χ0) is 12.0. The highest BCUT2D eigenvalue weighted by Gasteiger charge is 2.08. The van der Waals surface area contributed by atoms with Crippen LogP contribution in [0.25, 0.3) is 0 Å². The normalized spacial score (nSPS) is 12.5. The number of carbonyl (C=O) groups is 1. The highest BCUT2D eigenvalue weighted by atomic mass is 16.3. The van der Waals surface area contributed by atoms with E-state index < -0.39 is 0 Å². The Balaban J connectivity index is 2.20. The van der Waals surface area contributed by atoms with E-state index in [0.717, 1.165) is 18.6 Å². The number of urea groups is 1. The summed E-state index contributed by atoms with van der Waals surface area (Å²) in [6, 6.07) is 4.02. The molecule has 0 radical (unpaired) electrons. The Hall–Kier alpha value is -1.45. The molecule has 1 unspecified atom stereocenters. The van der Waals surface area contributed by atoms with Gasteiger partial charge in [-0.25, -0.2) is 4.79 Å². The van der Waals surface area contributed by atoms with Crippen molar-refractivity contribution in [2.45, 2.75) is 45.7 Å². The first-order valence-corrected chi connectivity index (χ1v) is 5.67. The number of furan rings is 1. The SMILES string of the molecule is CC(C)NC(=O)NC(C)CCc1ccco1. The van der Waals surface area contributed by atoms with Crippen LogP contribution in [0.4, 0.5) is 4.79 Å². The van der Waals surface area contributed by atoms with E-state index in [1.807, 2.05) is 32.9 Å². The molecular weight excluding hydrogens is 204 g/mol. The molecule has 1 rings (SSSR count). The van der Waals surface area contributed by atoms with Gasteiger partial charge in [-0.2, -0.15) is 0 Å². The van der Waals surface area contributed by atoms with Crippen LogP contribution in [-0.2, 0) is 6.42 Å². The van der Waals surface area contributed by atoms with Crippen LogP contribution in [0.2, 0.25) is 0 Å². The van der Waals surface area contributed by atoms with Crippen LogP contribution in [0.1, 0.15) is 33.0 Å². The minimum absolute atomic E-state index is 0.109. The van der Waals surface area contributed by atoms with E-state index in [2.05, 4.69) is 10.6 Å². The minimum Gasteiger partial charge on any atom is -0.469 e. The lowest BCUT2D eigenvalue weighted by Crippen LogP contribution is -2.43. The molecule has 0 aliphatic carbocycles. The van der Waals surface area contributed by atoms with E-state index in [4.69, 9.17) is 4.42 Å². The van der Waals surface area contributed by atoms with Crippen LogP contribution >= 0.6 is 0 Å². The van der Waals surface area contributed by atoms with E-state index in [9.17, 15) is 4.79 Å². The molecule has 0 aliphatic rings. The molecule has 0 spiro atoms. The van der Waals surface area contributed by atoms with Crippen LogP contribution in [0, 0.1) is 0 Å². The molecule has 0 saturated carbocycles. The quantitative estimate of drug-likeness (QED) is 0.806. The van der Waals surface area contributed by atoms with Crippen LogP contribution in [0.3, 0.4) is 0 Å². The molecule has 4 heteroatoms. The van der Waals surface area contributed by atoms with Crippen molar-refractivity contribution in [2.75, 3.05) is 0 Å². The third-order valence-corrected chi connectivity index (χ3v) is 2.20. The third kappa shape index (κ3) is 4.87. The second kappa shape index (κ2) is 6.20. The average Bonchev–Trinajstić information content (AvgIpc) is 2.65. The van der Waals surface area contributed by atoms with Crippen molar-refractivity contribution < 1.29 is 9.21 Å². The fourth-order valence-corrected chi connectivity index (χ4v) is 1.41. The number of hydrogen-bond donors (Lipinski definition) is 2. The van der Waals surface area contributed by atoms with Gasteiger partial charge in [0.2, 0.25) is 0 Å². The Bertz CT molecular complexity index is 307. The van der Waals surface area contributed by atoms with Gasteiger partial charge in [0.15, 0.2) is 0 Å². The highest BCUT2D eigenvalue weighted by molar-refractivity contribution is 5.74. The van der Waals surface area contributed by atoms with Crippen LogP contribution in [0.15, 0.2) is 22.8 Å². The number of aryl methyl sites for hydroxylation is 1. The maximum atomic E-state index is 11.4. The number of carbonyl (C=O) groups excluding carboxylic acids is 1. The Kier molecular flexibility index (Phi) is 4.89. The summed E-state index contributed by atoms with van der Waals surface area (Å²) in [5.74, 6) is 0.956. The van der Waals surface area contributed by atoms with Gasteiger partial charge in [-0.1, -0.05) is 0 Å². The largest absolute Gasteiger partial charge is 0.469 e. The zero-order valence-corrected chi connectivity index (χ0v) is 10.1. The molecule has 2 amide bonds. The Morgan fingerprint density at radius 3 is 2.69 bits per heavy atom. The number of rotatable bonds is 5. The molecule has 1 aromatic rings. The van der Waals surface area contributed by atoms with E-state index in [1.54, 1.807) is 6.26 Å². The third-order valence-electron chi connectivity index (χ3n) is 2.20. The summed E-state index contributed by atoms with van der Waals surface area (Å²) in [7, 11) is 0. The predicted molar refractivity (Wildman–Crippen MR) is 63.3 cm³/mol. The fraction of sp³-hybridized carbons (Fsp3) is 0.583. The van der Waals surface area contributed by atoms with Crippen LogP contribution in [0.5, 0.6) is 0 Å². The van der Waals surface area contributed by atoms with Crippen molar-refractivity contribution in [3.05, 3.63) is 24.2 Å². The van der Waals surface area contributed by atoms with Gasteiger partial charge in [0.25, 0.3) is 0 Å². The molecule has 1 atom stereocenters. The molecule has 0 fully saturated rings. The van der Waals surface area contributed by atoms with Crippen LogP contribution in [-0.4, -0.2) is 18.1 Å². The average molecular weight is 224 g/mol. The van der Waals surface area contributed by atoms with Gasteiger partial charge < -0.3 is 15.1 Å². The molecule has 90 valence electrons. The maximum Gasteiger partial charge on any atom is 0.315 e. The van der Waals surface area contributed by atoms with E-state index in [-0.39, 0.29) is 18.1 Å². The van der Waals surface area contributed by atoms with Crippen molar-refractivity contribution in [3.8, 4) is 0 Å². The van der Waals surface area contributed by atoms with Gasteiger partial charge >= 0.3 is 6.03 Å². The van der Waals surface area contributed by atoms with Crippen LogP contribution < -0.4 is 10.6 Å². The summed E-state index contributed by atoms with van der Waals surface area (Å²) in [5, 5.41) is 5.68. The summed E-state index contributed by atoms with van der Waals surface area (Å²) in [4.78, 5) is 11.4. The number of nitrogens with one attached hydrogen (secondary N) is 2. The second-order valence-electron chi connectivity index (χ2n) is 4.29. The molecular formula is C12H20N2O2. The second-order valence-corrected chi connectivity index (χ2v) is 4.29. The summed E-state index contributed by atoms with van der Waals surface area (Å²) in [6.07, 6.45) is 3.38. The van der Waals surface area contributed by atoms with Crippen molar-refractivity contribution in [3.63, 3.8) is 0 Å². The topological polar surface area (TPSA) is 54.3 Å². The molecule has 16 heavy (non-hydrogen) atoms. The summed E-state index contributed by atoms with van der Waals surface area (Å²) in [6.45, 7) is 5.86. The van der Waals surface area contributed by atoms with Crippen molar-refractivity contribution in [2.24, 2.45) is 0 Å². The van der Waals surface area contributed by atoms with E-state index in [1.165, 1.54) is 0 Å². The van der Waals surface area contributed by atoms with Gasteiger partial charge in [-0.05, 0) is 39.3 Å². The Morgan fingerprint density at radius 2 is 2.12 bits per heavy atom. The molecule has 0 aromatic carbocycles. The zero-order valence-electron chi connectivity index (χ0n) is 10.1. The first kappa shape index (κ1) is 12.6. The lowest BCUT2D eigenvalue weighted by molar-refractivity contribution is 0.234. The summed E-state index contributed by atoms with van der Waals surface area (Å²) < 4.78 is 5.23. The molecule has 1 heterocycles. The van der Waals surface area contributed by atoms with E-state index >= 15 is 0 Å². The minimum atomic E-state index is -0.109. The highest BCUT2D eigenvalue weighted by Crippen LogP contribution is 2.05. The lowest BCUT2D eigenvalue weighted by atomic mass is 10.1. The number of amides is 2. The van der Waals surface area contributed by atoms with Gasteiger partial charge in [0.05, 0.1) is 6.26 Å². The van der Waals surface area contributed by atoms with Gasteiger partial charge in [-0.15, -0.1) is 0 Å². The molecule has 0 bridgehead atoms. The van der Waals surface area contributed by atoms with Crippen molar-refractivity contribution >= 4 is 6.03 Å². The molecule has 0 aliphatic heterocycles. The monoisotopic (exact) mass is 224 g/mol. The Labute approximate surface area is 96.4 Å².